The summed E-state index contributed by atoms with van der Waals surface area (Å²) in [4.78, 5) is 0. The molecule has 0 aromatic carbocycles. The molecule has 0 aliphatic heterocycles. The van der Waals surface area contributed by atoms with Gasteiger partial charge in [0.15, 0.2) is 0 Å². The Balaban J connectivity index is 1.51. The molecule has 2 rings (SSSR count). The van der Waals surface area contributed by atoms with Gasteiger partial charge in [-0.05, 0) is 45.1 Å². The maximum absolute atomic E-state index is 5.89. The fraction of sp³-hybridized carbons (Fsp3) is 1.00. The molecule has 76 valence electrons. The van der Waals surface area contributed by atoms with E-state index in [1.165, 1.54) is 45.1 Å². The topological polar surface area (TPSA) is 21.3 Å². The Morgan fingerprint density at radius 3 is 2.54 bits per heavy atom. The molecular formula is C11H21NO. The van der Waals surface area contributed by atoms with Gasteiger partial charge in [-0.2, -0.15) is 0 Å². The molecule has 0 bridgehead atoms. The average molecular weight is 183 g/mol. The van der Waals surface area contributed by atoms with Gasteiger partial charge in [0.05, 0.1) is 12.2 Å². The Bertz CT molecular complexity index is 150. The second-order valence-electron chi connectivity index (χ2n) is 4.43. The molecule has 2 fully saturated rings. The second kappa shape index (κ2) is 4.43. The molecule has 0 spiro atoms. The lowest BCUT2D eigenvalue weighted by molar-refractivity contribution is -0.0928. The fourth-order valence-corrected chi connectivity index (χ4v) is 1.97. The molecule has 2 saturated carbocycles. The van der Waals surface area contributed by atoms with E-state index < -0.39 is 0 Å². The van der Waals surface area contributed by atoms with Gasteiger partial charge >= 0.3 is 0 Å². The predicted octanol–water partition coefficient (Wildman–Crippen LogP) is 2.09. The summed E-state index contributed by atoms with van der Waals surface area (Å²) in [5.74, 6) is 0. The molecule has 13 heavy (non-hydrogen) atoms. The third-order valence-corrected chi connectivity index (χ3v) is 3.21. The smallest absolute Gasteiger partial charge is 0.0608 e. The summed E-state index contributed by atoms with van der Waals surface area (Å²) in [7, 11) is 0. The molecule has 0 aromatic heterocycles. The summed E-state index contributed by atoms with van der Waals surface area (Å²) in [6.45, 7) is 3.38. The number of rotatable bonds is 5. The highest BCUT2D eigenvalue weighted by atomic mass is 16.5. The van der Waals surface area contributed by atoms with Crippen LogP contribution in [0.5, 0.6) is 0 Å². The number of hydrogen-bond donors (Lipinski definition) is 1. The van der Waals surface area contributed by atoms with Gasteiger partial charge in [-0.3, -0.25) is 0 Å². The highest BCUT2D eigenvalue weighted by Crippen LogP contribution is 2.30. The maximum Gasteiger partial charge on any atom is 0.0608 e. The van der Waals surface area contributed by atoms with Crippen molar-refractivity contribution in [3.8, 4) is 0 Å². The lowest BCUT2D eigenvalue weighted by atomic mass is 9.87. The zero-order valence-corrected chi connectivity index (χ0v) is 8.59. The summed E-state index contributed by atoms with van der Waals surface area (Å²) in [6, 6.07) is 0.755. The van der Waals surface area contributed by atoms with E-state index in [0.29, 0.717) is 12.2 Å². The van der Waals surface area contributed by atoms with Crippen molar-refractivity contribution < 1.29 is 4.74 Å². The Kier molecular flexibility index (Phi) is 3.23. The Morgan fingerprint density at radius 2 is 2.00 bits per heavy atom. The van der Waals surface area contributed by atoms with Crippen molar-refractivity contribution in [2.45, 2.75) is 63.7 Å². The van der Waals surface area contributed by atoms with Crippen molar-refractivity contribution in [3.63, 3.8) is 0 Å². The molecule has 1 N–H and O–H groups in total. The average Bonchev–Trinajstić information content (AvgIpc) is 1.97. The minimum absolute atomic E-state index is 0.583. The van der Waals surface area contributed by atoms with Crippen molar-refractivity contribution in [1.82, 2.24) is 5.32 Å². The van der Waals surface area contributed by atoms with Gasteiger partial charge in [-0.15, -0.1) is 0 Å². The monoisotopic (exact) mass is 183 g/mol. The van der Waals surface area contributed by atoms with Crippen molar-refractivity contribution >= 4 is 0 Å². The third kappa shape index (κ3) is 2.44. The van der Waals surface area contributed by atoms with Crippen molar-refractivity contribution in [2.24, 2.45) is 0 Å². The third-order valence-electron chi connectivity index (χ3n) is 3.21. The summed E-state index contributed by atoms with van der Waals surface area (Å²) in [5, 5.41) is 3.53. The van der Waals surface area contributed by atoms with Crippen LogP contribution in [0.2, 0.25) is 0 Å². The van der Waals surface area contributed by atoms with Crippen molar-refractivity contribution in [3.05, 3.63) is 0 Å². The van der Waals surface area contributed by atoms with Gasteiger partial charge in [0, 0.05) is 6.04 Å². The van der Waals surface area contributed by atoms with Crippen LogP contribution in [0.3, 0.4) is 0 Å². The lowest BCUT2D eigenvalue weighted by Gasteiger charge is -2.40. The molecule has 0 atom stereocenters. The minimum Gasteiger partial charge on any atom is -0.375 e. The van der Waals surface area contributed by atoms with Gasteiger partial charge in [0.25, 0.3) is 0 Å². The van der Waals surface area contributed by atoms with Crippen LogP contribution in [0.15, 0.2) is 0 Å². The molecule has 0 heterocycles. The van der Waals surface area contributed by atoms with E-state index in [1.54, 1.807) is 0 Å². The van der Waals surface area contributed by atoms with Crippen LogP contribution >= 0.6 is 0 Å². The van der Waals surface area contributed by atoms with Crippen LogP contribution in [-0.4, -0.2) is 24.8 Å². The van der Waals surface area contributed by atoms with Crippen LogP contribution in [0.25, 0.3) is 0 Å². The van der Waals surface area contributed by atoms with Gasteiger partial charge in [-0.1, -0.05) is 6.92 Å². The number of nitrogens with one attached hydrogen (secondary N) is 1. The van der Waals surface area contributed by atoms with Crippen LogP contribution < -0.4 is 5.32 Å². The number of hydrogen-bond acceptors (Lipinski definition) is 2. The SMILES string of the molecule is CCCNC1CC(OC2CCC2)C1. The Labute approximate surface area is 81.0 Å². The molecule has 0 amide bonds. The molecule has 2 aliphatic carbocycles. The highest BCUT2D eigenvalue weighted by Gasteiger charge is 2.32. The van der Waals surface area contributed by atoms with E-state index in [9.17, 15) is 0 Å². The number of ether oxygens (including phenoxy) is 1. The van der Waals surface area contributed by atoms with E-state index in [4.69, 9.17) is 4.74 Å². The standard InChI is InChI=1S/C11H21NO/c1-2-6-12-9-7-11(8-9)13-10-4-3-5-10/h9-12H,2-8H2,1H3. The van der Waals surface area contributed by atoms with E-state index in [-0.39, 0.29) is 0 Å². The first-order valence-electron chi connectivity index (χ1n) is 5.77. The molecular weight excluding hydrogens is 162 g/mol. The van der Waals surface area contributed by atoms with E-state index in [1.807, 2.05) is 0 Å². The van der Waals surface area contributed by atoms with Crippen molar-refractivity contribution in [2.75, 3.05) is 6.54 Å². The van der Waals surface area contributed by atoms with Gasteiger partial charge in [0.1, 0.15) is 0 Å². The second-order valence-corrected chi connectivity index (χ2v) is 4.43. The first kappa shape index (κ1) is 9.47. The largest absolute Gasteiger partial charge is 0.375 e. The van der Waals surface area contributed by atoms with Crippen molar-refractivity contribution in [1.29, 1.82) is 0 Å². The van der Waals surface area contributed by atoms with Crippen LogP contribution in [0, 0.1) is 0 Å². The maximum atomic E-state index is 5.89. The summed E-state index contributed by atoms with van der Waals surface area (Å²) < 4.78 is 5.89. The molecule has 0 radical (unpaired) electrons. The zero-order chi connectivity index (χ0) is 9.10. The van der Waals surface area contributed by atoms with Crippen LogP contribution in [0.1, 0.15) is 45.4 Å². The van der Waals surface area contributed by atoms with Gasteiger partial charge in [0.2, 0.25) is 0 Å². The molecule has 0 saturated heterocycles. The highest BCUT2D eigenvalue weighted by molar-refractivity contribution is 4.87. The van der Waals surface area contributed by atoms with Crippen LogP contribution in [0.4, 0.5) is 0 Å². The first-order chi connectivity index (χ1) is 6.38. The predicted molar refractivity (Wildman–Crippen MR) is 53.8 cm³/mol. The normalized spacial score (nSPS) is 33.9. The lowest BCUT2D eigenvalue weighted by Crippen LogP contribution is -2.47. The summed E-state index contributed by atoms with van der Waals surface area (Å²) >= 11 is 0. The van der Waals surface area contributed by atoms with E-state index >= 15 is 0 Å². The fourth-order valence-electron chi connectivity index (χ4n) is 1.97. The zero-order valence-electron chi connectivity index (χ0n) is 8.59. The molecule has 2 heteroatoms. The molecule has 2 aliphatic rings. The molecule has 0 unspecified atom stereocenters. The van der Waals surface area contributed by atoms with E-state index in [2.05, 4.69) is 12.2 Å². The Hall–Kier alpha value is -0.0800. The minimum atomic E-state index is 0.583. The van der Waals surface area contributed by atoms with E-state index in [0.717, 1.165) is 6.04 Å². The Morgan fingerprint density at radius 1 is 1.23 bits per heavy atom. The summed E-state index contributed by atoms with van der Waals surface area (Å²) in [6.07, 6.45) is 8.94. The molecule has 2 nitrogen and oxygen atoms in total. The first-order valence-corrected chi connectivity index (χ1v) is 5.77. The van der Waals surface area contributed by atoms with Gasteiger partial charge in [-0.25, -0.2) is 0 Å². The van der Waals surface area contributed by atoms with Crippen LogP contribution in [-0.2, 0) is 4.74 Å². The van der Waals surface area contributed by atoms with Gasteiger partial charge < -0.3 is 10.1 Å². The molecule has 0 aromatic rings. The quantitative estimate of drug-likeness (QED) is 0.704. The summed E-state index contributed by atoms with van der Waals surface area (Å²) in [5.41, 5.74) is 0.